The van der Waals surface area contributed by atoms with Crippen molar-refractivity contribution in [2.75, 3.05) is 0 Å². The van der Waals surface area contributed by atoms with Crippen LogP contribution in [0.15, 0.2) is 42.6 Å². The Labute approximate surface area is 107 Å². The van der Waals surface area contributed by atoms with E-state index in [1.54, 1.807) is 16.9 Å². The number of rotatable bonds is 6. The third-order valence-corrected chi connectivity index (χ3v) is 2.94. The number of carbonyl (C=O) groups excluding carboxylic acids is 1. The molecule has 0 N–H and O–H groups in total. The van der Waals surface area contributed by atoms with Crippen molar-refractivity contribution in [3.63, 3.8) is 0 Å². The molecule has 0 radical (unpaired) electrons. The molecule has 3 heteroatoms. The fourth-order valence-corrected chi connectivity index (χ4v) is 1.95. The summed E-state index contributed by atoms with van der Waals surface area (Å²) in [5.74, 6) is 0.171. The molecule has 0 atom stereocenters. The summed E-state index contributed by atoms with van der Waals surface area (Å²) in [7, 11) is 0. The van der Waals surface area contributed by atoms with E-state index in [0.29, 0.717) is 12.1 Å². The molecule has 94 valence electrons. The second-order valence-corrected chi connectivity index (χ2v) is 4.34. The highest BCUT2D eigenvalue weighted by molar-refractivity contribution is 5.94. The lowest BCUT2D eigenvalue weighted by Crippen LogP contribution is -2.08. The zero-order valence-corrected chi connectivity index (χ0v) is 10.7. The number of aromatic nitrogens is 2. The molecule has 0 fully saturated rings. The zero-order valence-electron chi connectivity index (χ0n) is 10.7. The van der Waals surface area contributed by atoms with Crippen LogP contribution in [0.2, 0.25) is 0 Å². The number of unbranched alkanes of at least 4 members (excludes halogenated alkanes) is 2. The van der Waals surface area contributed by atoms with Gasteiger partial charge in [-0.3, -0.25) is 4.79 Å². The number of hydrogen-bond acceptors (Lipinski definition) is 2. The lowest BCUT2D eigenvalue weighted by molar-refractivity contribution is 0.0972. The number of benzene rings is 1. The largest absolute Gasteiger partial charge is 0.292 e. The Hall–Kier alpha value is -1.90. The first kappa shape index (κ1) is 12.6. The van der Waals surface area contributed by atoms with Gasteiger partial charge in [0.25, 0.3) is 0 Å². The normalized spacial score (nSPS) is 10.5. The Morgan fingerprint density at radius 1 is 1.17 bits per heavy atom. The second kappa shape index (κ2) is 6.15. The number of carbonyl (C=O) groups is 1. The molecule has 1 aromatic heterocycles. The van der Waals surface area contributed by atoms with Crippen LogP contribution in [0.4, 0.5) is 0 Å². The van der Waals surface area contributed by atoms with Gasteiger partial charge in [-0.25, -0.2) is 4.68 Å². The summed E-state index contributed by atoms with van der Waals surface area (Å²) < 4.78 is 1.72. The van der Waals surface area contributed by atoms with Crippen LogP contribution in [0.1, 0.15) is 43.1 Å². The summed E-state index contributed by atoms with van der Waals surface area (Å²) in [6.45, 7) is 2.14. The smallest absolute Gasteiger partial charge is 0.181 e. The number of nitrogens with zero attached hydrogens (tertiary/aromatic N) is 2. The molecular weight excluding hydrogens is 224 g/mol. The van der Waals surface area contributed by atoms with Gasteiger partial charge < -0.3 is 0 Å². The van der Waals surface area contributed by atoms with Crippen molar-refractivity contribution in [2.45, 2.75) is 32.6 Å². The van der Waals surface area contributed by atoms with Crippen molar-refractivity contribution in [1.82, 2.24) is 9.78 Å². The zero-order chi connectivity index (χ0) is 12.8. The van der Waals surface area contributed by atoms with E-state index in [1.807, 2.05) is 30.3 Å². The Morgan fingerprint density at radius 2 is 1.94 bits per heavy atom. The number of para-hydroxylation sites is 1. The first-order valence-corrected chi connectivity index (χ1v) is 6.45. The van der Waals surface area contributed by atoms with Crippen molar-refractivity contribution in [2.24, 2.45) is 0 Å². The predicted octanol–water partition coefficient (Wildman–Crippen LogP) is 3.64. The number of hydrogen-bond donors (Lipinski definition) is 0. The van der Waals surface area contributed by atoms with E-state index in [2.05, 4.69) is 12.0 Å². The average Bonchev–Trinajstić information content (AvgIpc) is 2.89. The van der Waals surface area contributed by atoms with Crippen LogP contribution in [-0.2, 0) is 0 Å². The van der Waals surface area contributed by atoms with Gasteiger partial charge in [-0.15, -0.1) is 0 Å². The van der Waals surface area contributed by atoms with Crippen LogP contribution in [0.3, 0.4) is 0 Å². The fourth-order valence-electron chi connectivity index (χ4n) is 1.95. The lowest BCUT2D eigenvalue weighted by atomic mass is 10.1. The minimum atomic E-state index is 0.171. The average molecular weight is 242 g/mol. The van der Waals surface area contributed by atoms with Crippen LogP contribution in [-0.4, -0.2) is 15.6 Å². The van der Waals surface area contributed by atoms with Crippen molar-refractivity contribution in [1.29, 1.82) is 0 Å². The molecule has 2 rings (SSSR count). The van der Waals surface area contributed by atoms with E-state index in [-0.39, 0.29) is 5.78 Å². The van der Waals surface area contributed by atoms with E-state index in [0.717, 1.165) is 24.9 Å². The fraction of sp³-hybridized carbons (Fsp3) is 0.333. The van der Waals surface area contributed by atoms with Crippen molar-refractivity contribution in [3.8, 4) is 5.69 Å². The molecule has 0 unspecified atom stereocenters. The van der Waals surface area contributed by atoms with Crippen molar-refractivity contribution in [3.05, 3.63) is 48.3 Å². The van der Waals surface area contributed by atoms with E-state index < -0.39 is 0 Å². The van der Waals surface area contributed by atoms with E-state index in [9.17, 15) is 4.79 Å². The monoisotopic (exact) mass is 242 g/mol. The molecule has 0 aliphatic carbocycles. The van der Waals surface area contributed by atoms with Gasteiger partial charge in [0.15, 0.2) is 5.78 Å². The Morgan fingerprint density at radius 3 is 2.67 bits per heavy atom. The van der Waals surface area contributed by atoms with Gasteiger partial charge in [0.2, 0.25) is 0 Å². The van der Waals surface area contributed by atoms with Gasteiger partial charge in [0, 0.05) is 6.42 Å². The quantitative estimate of drug-likeness (QED) is 0.572. The van der Waals surface area contributed by atoms with E-state index in [1.165, 1.54) is 0 Å². The van der Waals surface area contributed by atoms with Crippen molar-refractivity contribution < 1.29 is 4.79 Å². The van der Waals surface area contributed by atoms with E-state index in [4.69, 9.17) is 0 Å². The lowest BCUT2D eigenvalue weighted by Gasteiger charge is -2.06. The maximum atomic E-state index is 12.1. The minimum Gasteiger partial charge on any atom is -0.292 e. The van der Waals surface area contributed by atoms with Crippen LogP contribution in [0.5, 0.6) is 0 Å². The van der Waals surface area contributed by atoms with Gasteiger partial charge >= 0.3 is 0 Å². The van der Waals surface area contributed by atoms with Gasteiger partial charge in [0.1, 0.15) is 5.69 Å². The summed E-state index contributed by atoms with van der Waals surface area (Å²) >= 11 is 0. The molecule has 2 aromatic rings. The summed E-state index contributed by atoms with van der Waals surface area (Å²) in [5.41, 5.74) is 1.61. The van der Waals surface area contributed by atoms with Gasteiger partial charge in [0.05, 0.1) is 11.9 Å². The molecule has 0 spiro atoms. The molecule has 0 saturated heterocycles. The van der Waals surface area contributed by atoms with E-state index >= 15 is 0 Å². The molecule has 1 aromatic carbocycles. The molecule has 18 heavy (non-hydrogen) atoms. The topological polar surface area (TPSA) is 34.9 Å². The highest BCUT2D eigenvalue weighted by Crippen LogP contribution is 2.13. The van der Waals surface area contributed by atoms with Gasteiger partial charge in [-0.05, 0) is 24.6 Å². The van der Waals surface area contributed by atoms with Crippen LogP contribution in [0, 0.1) is 0 Å². The van der Waals surface area contributed by atoms with Gasteiger partial charge in [-0.1, -0.05) is 38.0 Å². The third-order valence-electron chi connectivity index (χ3n) is 2.94. The standard InChI is InChI=1S/C15H18N2O/c1-2-3-5-10-15(18)14-11-12-16-17(14)13-8-6-4-7-9-13/h4,6-9,11-12H,2-3,5,10H2,1H3. The first-order valence-electron chi connectivity index (χ1n) is 6.45. The maximum absolute atomic E-state index is 12.1. The molecule has 0 bridgehead atoms. The molecule has 0 saturated carbocycles. The number of ketones is 1. The molecule has 0 amide bonds. The van der Waals surface area contributed by atoms with Crippen LogP contribution in [0.25, 0.3) is 5.69 Å². The maximum Gasteiger partial charge on any atom is 0.181 e. The molecular formula is C15H18N2O. The molecule has 3 nitrogen and oxygen atoms in total. The SMILES string of the molecule is CCCCCC(=O)c1ccnn1-c1ccccc1. The van der Waals surface area contributed by atoms with Crippen LogP contribution >= 0.6 is 0 Å². The Balaban J connectivity index is 2.15. The Bertz CT molecular complexity index is 502. The molecule has 0 aliphatic heterocycles. The van der Waals surface area contributed by atoms with Crippen LogP contribution < -0.4 is 0 Å². The minimum absolute atomic E-state index is 0.171. The van der Waals surface area contributed by atoms with Gasteiger partial charge in [-0.2, -0.15) is 5.10 Å². The molecule has 1 heterocycles. The predicted molar refractivity (Wildman–Crippen MR) is 72.0 cm³/mol. The summed E-state index contributed by atoms with van der Waals surface area (Å²) in [6, 6.07) is 11.5. The second-order valence-electron chi connectivity index (χ2n) is 4.34. The highest BCUT2D eigenvalue weighted by atomic mass is 16.1. The highest BCUT2D eigenvalue weighted by Gasteiger charge is 2.12. The first-order chi connectivity index (χ1) is 8.83. The summed E-state index contributed by atoms with van der Waals surface area (Å²) in [6.07, 6.45) is 5.47. The third kappa shape index (κ3) is 2.86. The number of Topliss-reactive ketones (excluding diaryl/α,β-unsaturated/α-hetero) is 1. The Kier molecular flexibility index (Phi) is 4.29. The summed E-state index contributed by atoms with van der Waals surface area (Å²) in [5, 5.41) is 4.23. The van der Waals surface area contributed by atoms with Crippen molar-refractivity contribution >= 4 is 5.78 Å². The molecule has 0 aliphatic rings. The summed E-state index contributed by atoms with van der Waals surface area (Å²) in [4.78, 5) is 12.1.